The van der Waals surface area contributed by atoms with Crippen molar-refractivity contribution in [2.24, 2.45) is 0 Å². The number of ether oxygens (including phenoxy) is 2. The van der Waals surface area contributed by atoms with Crippen LogP contribution in [0.3, 0.4) is 0 Å². The molecule has 0 radical (unpaired) electrons. The average Bonchev–Trinajstić information content (AvgIpc) is 3.03. The number of carbonyl (C=O) groups is 2. The summed E-state index contributed by atoms with van der Waals surface area (Å²) in [5.74, 6) is -1.33. The van der Waals surface area contributed by atoms with Crippen molar-refractivity contribution in [2.45, 2.75) is 51.3 Å². The third-order valence-electron chi connectivity index (χ3n) is 4.86. The molecule has 29 heavy (non-hydrogen) atoms. The second kappa shape index (κ2) is 8.25. The lowest BCUT2D eigenvalue weighted by molar-refractivity contribution is -0.147. The number of fused-ring (bicyclic) bond motifs is 3. The Balaban J connectivity index is 1.67. The van der Waals surface area contributed by atoms with E-state index in [9.17, 15) is 14.7 Å². The van der Waals surface area contributed by atoms with Gasteiger partial charge in [-0.3, -0.25) is 0 Å². The molecular weight excluding hydrogens is 370 g/mol. The Bertz CT molecular complexity index is 884. The second-order valence-electron chi connectivity index (χ2n) is 7.87. The first-order valence-corrected chi connectivity index (χ1v) is 9.55. The van der Waals surface area contributed by atoms with Gasteiger partial charge in [-0.1, -0.05) is 48.5 Å². The highest BCUT2D eigenvalue weighted by molar-refractivity contribution is 5.81. The molecule has 0 heterocycles. The highest BCUT2D eigenvalue weighted by Crippen LogP contribution is 2.44. The van der Waals surface area contributed by atoms with Gasteiger partial charge in [0.15, 0.2) is 6.04 Å². The van der Waals surface area contributed by atoms with Crippen molar-refractivity contribution in [3.8, 4) is 11.1 Å². The number of carboxylic acids is 1. The maximum atomic E-state index is 12.4. The fourth-order valence-corrected chi connectivity index (χ4v) is 3.72. The summed E-state index contributed by atoms with van der Waals surface area (Å²) in [5, 5.41) is 11.9. The van der Waals surface area contributed by atoms with Crippen LogP contribution in [0.1, 0.15) is 46.1 Å². The lowest BCUT2D eigenvalue weighted by Gasteiger charge is -2.29. The summed E-state index contributed by atoms with van der Waals surface area (Å²) in [6.45, 7) is 5.01. The van der Waals surface area contributed by atoms with E-state index >= 15 is 0 Å². The number of hydrogen-bond acceptors (Lipinski definition) is 4. The van der Waals surface area contributed by atoms with Crippen LogP contribution in [-0.4, -0.2) is 41.5 Å². The molecule has 2 N–H and O–H groups in total. The van der Waals surface area contributed by atoms with Crippen molar-refractivity contribution in [1.29, 1.82) is 0 Å². The first-order valence-electron chi connectivity index (χ1n) is 10.3. The second-order valence-corrected chi connectivity index (χ2v) is 7.87. The fourth-order valence-electron chi connectivity index (χ4n) is 3.72. The molecule has 0 saturated heterocycles. The van der Waals surface area contributed by atoms with Gasteiger partial charge < -0.3 is 19.9 Å². The van der Waals surface area contributed by atoms with Gasteiger partial charge in [-0.15, -0.1) is 0 Å². The van der Waals surface area contributed by atoms with Crippen LogP contribution in [0.25, 0.3) is 11.1 Å². The Morgan fingerprint density at radius 1 is 1.14 bits per heavy atom. The fraction of sp³-hybridized carbons (Fsp3) is 0.391. The molecular formula is C23H27NO5. The molecule has 1 amide bonds. The van der Waals surface area contributed by atoms with Crippen LogP contribution in [0.2, 0.25) is 0 Å². The van der Waals surface area contributed by atoms with E-state index in [1.807, 2.05) is 48.5 Å². The Kier molecular flexibility index (Phi) is 5.53. The van der Waals surface area contributed by atoms with Crippen molar-refractivity contribution >= 4 is 12.1 Å². The Hall–Kier alpha value is -2.86. The highest BCUT2D eigenvalue weighted by Gasteiger charge is 2.32. The maximum Gasteiger partial charge on any atom is 0.407 e. The minimum atomic E-state index is -1.29. The van der Waals surface area contributed by atoms with E-state index in [0.717, 1.165) is 22.3 Å². The van der Waals surface area contributed by atoms with Crippen molar-refractivity contribution < 1.29 is 25.5 Å². The molecule has 1 aliphatic carbocycles. The molecule has 0 spiro atoms. The lowest BCUT2D eigenvalue weighted by atomic mass is 9.98. The smallest absolute Gasteiger partial charge is 0.407 e. The first-order chi connectivity index (χ1) is 14.2. The van der Waals surface area contributed by atoms with E-state index in [2.05, 4.69) is 5.32 Å². The zero-order valence-corrected chi connectivity index (χ0v) is 16.8. The van der Waals surface area contributed by atoms with Gasteiger partial charge in [0.1, 0.15) is 6.61 Å². The molecule has 0 aromatic heterocycles. The van der Waals surface area contributed by atoms with Gasteiger partial charge in [0.25, 0.3) is 0 Å². The third kappa shape index (κ3) is 4.77. The lowest BCUT2D eigenvalue weighted by Crippen LogP contribution is -2.50. The van der Waals surface area contributed by atoms with Gasteiger partial charge in [0.2, 0.25) is 0 Å². The largest absolute Gasteiger partial charge is 0.480 e. The number of benzene rings is 2. The number of aliphatic carboxylic acids is 1. The van der Waals surface area contributed by atoms with E-state index < -0.39 is 29.8 Å². The zero-order valence-electron chi connectivity index (χ0n) is 17.8. The van der Waals surface area contributed by atoms with Crippen molar-refractivity contribution in [3.63, 3.8) is 0 Å². The standard InChI is InChI=1S/C23H27NO5/c1-14(29-23(2,3)4)20(21(25)26)24-22(27)28-13-19-17-11-7-5-9-15(17)16-10-6-8-12-18(16)19/h5-12,14,19-20H,13H2,1-4H3,(H,24,27)(H,25,26)/t14-,20+/m1/s1/i2D. The van der Waals surface area contributed by atoms with Gasteiger partial charge >= 0.3 is 12.1 Å². The van der Waals surface area contributed by atoms with Crippen LogP contribution in [0, 0.1) is 0 Å². The molecule has 1 aliphatic rings. The van der Waals surface area contributed by atoms with Crippen LogP contribution in [0.4, 0.5) is 4.79 Å². The number of hydrogen-bond donors (Lipinski definition) is 2. The molecule has 2 aromatic carbocycles. The SMILES string of the molecule is [2H]CC(C)(C)O[C@H](C)[C@H](NC(=O)OCC1c2ccccc2-c2ccccc21)C(=O)O. The van der Waals surface area contributed by atoms with Crippen molar-refractivity contribution in [1.82, 2.24) is 5.32 Å². The Morgan fingerprint density at radius 2 is 1.69 bits per heavy atom. The summed E-state index contributed by atoms with van der Waals surface area (Å²) < 4.78 is 18.5. The summed E-state index contributed by atoms with van der Waals surface area (Å²) in [5.41, 5.74) is 3.57. The normalized spacial score (nSPS) is 15.6. The van der Waals surface area contributed by atoms with E-state index in [0.29, 0.717) is 0 Å². The number of amides is 1. The Morgan fingerprint density at radius 3 is 2.21 bits per heavy atom. The van der Waals surface area contributed by atoms with Crippen LogP contribution >= 0.6 is 0 Å². The molecule has 3 rings (SSSR count). The zero-order chi connectivity index (χ0) is 21.9. The van der Waals surface area contributed by atoms with Gasteiger partial charge in [-0.25, -0.2) is 9.59 Å². The quantitative estimate of drug-likeness (QED) is 0.762. The monoisotopic (exact) mass is 398 g/mol. The molecule has 0 aliphatic heterocycles. The number of rotatable bonds is 6. The predicted octanol–water partition coefficient (Wildman–Crippen LogP) is 4.18. The summed E-state index contributed by atoms with van der Waals surface area (Å²) in [4.78, 5) is 24.0. The Labute approximate surface area is 172 Å². The number of nitrogens with one attached hydrogen (secondary N) is 1. The molecule has 0 saturated carbocycles. The van der Waals surface area contributed by atoms with Crippen molar-refractivity contribution in [2.75, 3.05) is 6.61 Å². The van der Waals surface area contributed by atoms with Crippen LogP contribution in [0.5, 0.6) is 0 Å². The summed E-state index contributed by atoms with van der Waals surface area (Å²) in [6.07, 6.45) is -1.65. The molecule has 0 unspecified atom stereocenters. The third-order valence-corrected chi connectivity index (χ3v) is 4.86. The molecule has 6 heteroatoms. The summed E-state index contributed by atoms with van der Waals surface area (Å²) in [7, 11) is 0. The summed E-state index contributed by atoms with van der Waals surface area (Å²) in [6, 6.07) is 14.7. The van der Waals surface area contributed by atoms with Crippen molar-refractivity contribution in [3.05, 3.63) is 59.7 Å². The van der Waals surface area contributed by atoms with Gasteiger partial charge in [-0.2, -0.15) is 0 Å². The number of alkyl carbamates (subject to hydrolysis) is 1. The van der Waals surface area contributed by atoms with Crippen LogP contribution in [0.15, 0.2) is 48.5 Å². The highest BCUT2D eigenvalue weighted by atomic mass is 16.6. The minimum absolute atomic E-state index is 0.0331. The van der Waals surface area contributed by atoms with Gasteiger partial charge in [-0.05, 0) is 49.9 Å². The van der Waals surface area contributed by atoms with E-state index in [4.69, 9.17) is 10.8 Å². The average molecular weight is 398 g/mol. The number of carbonyl (C=O) groups excluding carboxylic acids is 1. The molecule has 154 valence electrons. The first kappa shape index (κ1) is 19.5. The molecule has 0 fully saturated rings. The topological polar surface area (TPSA) is 84.9 Å². The summed E-state index contributed by atoms with van der Waals surface area (Å²) >= 11 is 0. The minimum Gasteiger partial charge on any atom is -0.480 e. The van der Waals surface area contributed by atoms with Gasteiger partial charge in [0, 0.05) is 7.29 Å². The van der Waals surface area contributed by atoms with Crippen LogP contribution < -0.4 is 5.32 Å². The van der Waals surface area contributed by atoms with Gasteiger partial charge in [0.05, 0.1) is 11.7 Å². The van der Waals surface area contributed by atoms with Crippen LogP contribution in [-0.2, 0) is 14.3 Å². The molecule has 0 bridgehead atoms. The number of carboxylic acid groups (broad SMARTS) is 1. The molecule has 6 nitrogen and oxygen atoms in total. The maximum absolute atomic E-state index is 12.4. The van der Waals surface area contributed by atoms with E-state index in [-0.39, 0.29) is 19.4 Å². The van der Waals surface area contributed by atoms with E-state index in [1.54, 1.807) is 20.8 Å². The molecule has 2 atom stereocenters. The predicted molar refractivity (Wildman–Crippen MR) is 110 cm³/mol. The molecule has 2 aromatic rings. The van der Waals surface area contributed by atoms with E-state index in [1.165, 1.54) is 0 Å².